The van der Waals surface area contributed by atoms with Crippen molar-refractivity contribution in [1.82, 2.24) is 9.97 Å². The van der Waals surface area contributed by atoms with Crippen LogP contribution in [0.5, 0.6) is 0 Å². The number of halogens is 3. The van der Waals surface area contributed by atoms with Gasteiger partial charge in [0.05, 0.1) is 11.3 Å². The molecule has 0 fully saturated rings. The Labute approximate surface area is 145 Å². The zero-order chi connectivity index (χ0) is 17.4. The Morgan fingerprint density at radius 3 is 2.76 bits per heavy atom. The molecular formula is C18H12F3N3S. The third-order valence-electron chi connectivity index (χ3n) is 3.80. The standard InChI is InChI=1S/C18H12F3N3S/c19-18(20,21)13-2-1-3-14(9-13)23-17-24-16(10-25-17)12-5-4-11-6-7-22-15(11)8-12/h1-10,22H,(H,23,24). The fraction of sp³-hybridized carbons (Fsp3) is 0.0556. The molecular weight excluding hydrogens is 347 g/mol. The van der Waals surface area contributed by atoms with E-state index in [-0.39, 0.29) is 0 Å². The summed E-state index contributed by atoms with van der Waals surface area (Å²) in [6.07, 6.45) is -2.49. The number of rotatable bonds is 3. The molecule has 0 spiro atoms. The summed E-state index contributed by atoms with van der Waals surface area (Å²) in [5.41, 5.74) is 2.40. The zero-order valence-electron chi connectivity index (χ0n) is 12.8. The van der Waals surface area contributed by atoms with Crippen molar-refractivity contribution in [2.45, 2.75) is 6.18 Å². The molecule has 0 unspecified atom stereocenters. The van der Waals surface area contributed by atoms with Crippen LogP contribution in [0.1, 0.15) is 5.56 Å². The Morgan fingerprint density at radius 2 is 1.92 bits per heavy atom. The lowest BCUT2D eigenvalue weighted by atomic mass is 10.1. The molecule has 126 valence electrons. The second-order valence-corrected chi connectivity index (χ2v) is 6.38. The molecule has 3 nitrogen and oxygen atoms in total. The lowest BCUT2D eigenvalue weighted by molar-refractivity contribution is -0.137. The number of hydrogen-bond donors (Lipinski definition) is 2. The molecule has 2 aromatic heterocycles. The minimum Gasteiger partial charge on any atom is -0.361 e. The summed E-state index contributed by atoms with van der Waals surface area (Å²) in [5, 5.41) is 6.47. The number of aromatic nitrogens is 2. The monoisotopic (exact) mass is 359 g/mol. The molecule has 0 saturated carbocycles. The van der Waals surface area contributed by atoms with Gasteiger partial charge in [0.25, 0.3) is 0 Å². The minimum absolute atomic E-state index is 0.357. The average molecular weight is 359 g/mol. The number of aromatic amines is 1. The first-order valence-corrected chi connectivity index (χ1v) is 8.34. The van der Waals surface area contributed by atoms with Crippen LogP contribution >= 0.6 is 11.3 Å². The Kier molecular flexibility index (Phi) is 3.73. The van der Waals surface area contributed by atoms with Gasteiger partial charge in [-0.25, -0.2) is 4.98 Å². The molecule has 2 aromatic carbocycles. The van der Waals surface area contributed by atoms with Crippen LogP contribution in [0.4, 0.5) is 24.0 Å². The summed E-state index contributed by atoms with van der Waals surface area (Å²) in [7, 11) is 0. The Morgan fingerprint density at radius 1 is 1.04 bits per heavy atom. The van der Waals surface area contributed by atoms with Crippen LogP contribution in [0.25, 0.3) is 22.2 Å². The number of alkyl halides is 3. The molecule has 0 bridgehead atoms. The molecule has 0 aliphatic heterocycles. The SMILES string of the molecule is FC(F)(F)c1cccc(Nc2nc(-c3ccc4cc[nH]c4c3)cs2)c1. The number of thiazole rings is 1. The van der Waals surface area contributed by atoms with Crippen LogP contribution in [0.3, 0.4) is 0 Å². The lowest BCUT2D eigenvalue weighted by Crippen LogP contribution is -2.05. The quantitative estimate of drug-likeness (QED) is 0.467. The van der Waals surface area contributed by atoms with Gasteiger partial charge in [-0.05, 0) is 35.7 Å². The molecule has 0 aliphatic carbocycles. The number of benzene rings is 2. The van der Waals surface area contributed by atoms with Crippen molar-refractivity contribution in [3.63, 3.8) is 0 Å². The first-order valence-electron chi connectivity index (χ1n) is 7.46. The van der Waals surface area contributed by atoms with Crippen molar-refractivity contribution in [2.24, 2.45) is 0 Å². The largest absolute Gasteiger partial charge is 0.416 e. The number of anilines is 2. The van der Waals surface area contributed by atoms with E-state index < -0.39 is 11.7 Å². The van der Waals surface area contributed by atoms with Crippen molar-refractivity contribution in [3.05, 3.63) is 65.7 Å². The van der Waals surface area contributed by atoms with Gasteiger partial charge in [-0.15, -0.1) is 11.3 Å². The van der Waals surface area contributed by atoms with Crippen LogP contribution < -0.4 is 5.32 Å². The molecule has 0 radical (unpaired) electrons. The van der Waals surface area contributed by atoms with Crippen molar-refractivity contribution in [2.75, 3.05) is 5.32 Å². The van der Waals surface area contributed by atoms with Crippen molar-refractivity contribution >= 4 is 33.1 Å². The molecule has 2 heterocycles. The van der Waals surface area contributed by atoms with Crippen LogP contribution in [0, 0.1) is 0 Å². The third-order valence-corrected chi connectivity index (χ3v) is 4.55. The molecule has 0 atom stereocenters. The lowest BCUT2D eigenvalue weighted by Gasteiger charge is -2.08. The van der Waals surface area contributed by atoms with Crippen LogP contribution in [0.15, 0.2) is 60.1 Å². The highest BCUT2D eigenvalue weighted by Crippen LogP contribution is 2.33. The van der Waals surface area contributed by atoms with Crippen LogP contribution in [-0.4, -0.2) is 9.97 Å². The first-order chi connectivity index (χ1) is 12.0. The fourth-order valence-electron chi connectivity index (χ4n) is 2.57. The maximum Gasteiger partial charge on any atom is 0.416 e. The van der Waals surface area contributed by atoms with Gasteiger partial charge in [-0.3, -0.25) is 0 Å². The van der Waals surface area contributed by atoms with Gasteiger partial charge in [0.2, 0.25) is 0 Å². The van der Waals surface area contributed by atoms with Crippen LogP contribution in [0.2, 0.25) is 0 Å². The Bertz CT molecular complexity index is 1030. The van der Waals surface area contributed by atoms with E-state index >= 15 is 0 Å². The van der Waals surface area contributed by atoms with Crippen molar-refractivity contribution in [1.29, 1.82) is 0 Å². The van der Waals surface area contributed by atoms with Gasteiger partial charge in [0.15, 0.2) is 5.13 Å². The highest BCUT2D eigenvalue weighted by Gasteiger charge is 2.30. The average Bonchev–Trinajstić information content (AvgIpc) is 3.22. The molecule has 2 N–H and O–H groups in total. The molecule has 25 heavy (non-hydrogen) atoms. The van der Waals surface area contributed by atoms with Gasteiger partial charge < -0.3 is 10.3 Å². The van der Waals surface area contributed by atoms with Gasteiger partial charge >= 0.3 is 6.18 Å². The maximum absolute atomic E-state index is 12.8. The Hall–Kier alpha value is -2.80. The predicted octanol–water partition coefficient (Wildman–Crippen LogP) is 6.05. The van der Waals surface area contributed by atoms with E-state index in [2.05, 4.69) is 15.3 Å². The number of hydrogen-bond acceptors (Lipinski definition) is 3. The summed E-state index contributed by atoms with van der Waals surface area (Å²) >= 11 is 1.35. The summed E-state index contributed by atoms with van der Waals surface area (Å²) < 4.78 is 38.4. The van der Waals surface area contributed by atoms with E-state index in [1.165, 1.54) is 17.4 Å². The van der Waals surface area contributed by atoms with Gasteiger partial charge in [0.1, 0.15) is 0 Å². The second-order valence-electron chi connectivity index (χ2n) is 5.52. The van der Waals surface area contributed by atoms with E-state index in [0.29, 0.717) is 10.8 Å². The zero-order valence-corrected chi connectivity index (χ0v) is 13.6. The number of fused-ring (bicyclic) bond motifs is 1. The van der Waals surface area contributed by atoms with Crippen molar-refractivity contribution < 1.29 is 13.2 Å². The number of nitrogens with one attached hydrogen (secondary N) is 2. The molecule has 0 amide bonds. The normalized spacial score (nSPS) is 11.8. The number of H-pyrrole nitrogens is 1. The van der Waals surface area contributed by atoms with Gasteiger partial charge in [-0.1, -0.05) is 18.2 Å². The second kappa shape index (κ2) is 5.93. The van der Waals surface area contributed by atoms with Gasteiger partial charge in [0, 0.05) is 28.3 Å². The third kappa shape index (κ3) is 3.23. The maximum atomic E-state index is 12.8. The molecule has 7 heteroatoms. The predicted molar refractivity (Wildman–Crippen MR) is 94.1 cm³/mol. The first kappa shape index (κ1) is 15.7. The van der Waals surface area contributed by atoms with E-state index in [9.17, 15) is 13.2 Å². The molecule has 4 aromatic rings. The van der Waals surface area contributed by atoms with Crippen LogP contribution in [-0.2, 0) is 6.18 Å². The van der Waals surface area contributed by atoms with E-state index in [1.54, 1.807) is 6.07 Å². The van der Waals surface area contributed by atoms with E-state index in [4.69, 9.17) is 0 Å². The molecule has 0 aliphatic rings. The topological polar surface area (TPSA) is 40.7 Å². The highest BCUT2D eigenvalue weighted by atomic mass is 32.1. The minimum atomic E-state index is -4.36. The van der Waals surface area contributed by atoms with E-state index in [1.807, 2.05) is 35.8 Å². The number of nitrogens with zero attached hydrogens (tertiary/aromatic N) is 1. The summed E-state index contributed by atoms with van der Waals surface area (Å²) in [4.78, 5) is 7.62. The van der Waals surface area contributed by atoms with Gasteiger partial charge in [-0.2, -0.15) is 13.2 Å². The van der Waals surface area contributed by atoms with E-state index in [0.717, 1.165) is 34.3 Å². The summed E-state index contributed by atoms with van der Waals surface area (Å²) in [6.45, 7) is 0. The summed E-state index contributed by atoms with van der Waals surface area (Å²) in [5.74, 6) is 0. The highest BCUT2D eigenvalue weighted by molar-refractivity contribution is 7.14. The Balaban J connectivity index is 1.59. The van der Waals surface area contributed by atoms with Crippen molar-refractivity contribution in [3.8, 4) is 11.3 Å². The molecule has 4 rings (SSSR count). The fourth-order valence-corrected chi connectivity index (χ4v) is 3.31. The smallest absolute Gasteiger partial charge is 0.361 e. The summed E-state index contributed by atoms with van der Waals surface area (Å²) in [6, 6.07) is 13.0. The molecule has 0 saturated heterocycles.